The Bertz CT molecular complexity index is 1770. The van der Waals surface area contributed by atoms with E-state index in [9.17, 15) is 4.79 Å². The van der Waals surface area contributed by atoms with Gasteiger partial charge < -0.3 is 0 Å². The summed E-state index contributed by atoms with van der Waals surface area (Å²) in [6.45, 7) is 2.21. The third-order valence-electron chi connectivity index (χ3n) is 5.89. The molecule has 3 aromatic heterocycles. The van der Waals surface area contributed by atoms with Crippen molar-refractivity contribution in [3.8, 4) is 5.69 Å². The van der Waals surface area contributed by atoms with Gasteiger partial charge in [-0.3, -0.25) is 13.9 Å². The van der Waals surface area contributed by atoms with Crippen LogP contribution in [-0.4, -0.2) is 24.1 Å². The van der Waals surface area contributed by atoms with Crippen molar-refractivity contribution in [2.75, 3.05) is 0 Å². The Morgan fingerprint density at radius 2 is 1.38 bits per heavy atom. The number of fused-ring (bicyclic) bond motifs is 4. The lowest BCUT2D eigenvalue weighted by molar-refractivity contribution is 0.711. The Kier molecular flexibility index (Phi) is 4.86. The van der Waals surface area contributed by atoms with Crippen molar-refractivity contribution in [2.45, 2.75) is 13.5 Å². The molecule has 0 aliphatic heterocycles. The fraction of sp³-hybridized carbons (Fsp3) is 0.0769. The van der Waals surface area contributed by atoms with Gasteiger partial charge >= 0.3 is 0 Å². The van der Waals surface area contributed by atoms with Crippen molar-refractivity contribution >= 4 is 56.4 Å². The average molecular weight is 486 g/mol. The third-order valence-corrected chi connectivity index (χ3v) is 6.40. The van der Waals surface area contributed by atoms with Gasteiger partial charge in [-0.2, -0.15) is 0 Å². The van der Waals surface area contributed by atoms with E-state index in [2.05, 4.69) is 0 Å². The first-order chi connectivity index (χ1) is 16.5. The fourth-order valence-corrected chi connectivity index (χ4v) is 4.48. The third kappa shape index (κ3) is 3.34. The molecule has 0 unspecified atom stereocenters. The Morgan fingerprint density at radius 1 is 0.765 bits per heavy atom. The molecule has 0 bridgehead atoms. The van der Waals surface area contributed by atoms with Crippen LogP contribution >= 0.6 is 23.2 Å². The van der Waals surface area contributed by atoms with Gasteiger partial charge in [-0.25, -0.2) is 15.0 Å². The van der Waals surface area contributed by atoms with E-state index in [1.54, 1.807) is 16.7 Å². The lowest BCUT2D eigenvalue weighted by atomic mass is 10.2. The Balaban J connectivity index is 1.70. The van der Waals surface area contributed by atoms with E-state index in [0.717, 1.165) is 22.3 Å². The van der Waals surface area contributed by atoms with E-state index in [1.807, 2.05) is 72.2 Å². The Labute approximate surface area is 204 Å². The van der Waals surface area contributed by atoms with E-state index < -0.39 is 0 Å². The summed E-state index contributed by atoms with van der Waals surface area (Å²) in [5.41, 5.74) is 4.66. The molecule has 0 atom stereocenters. The van der Waals surface area contributed by atoms with Gasteiger partial charge in [0.2, 0.25) is 0 Å². The number of benzene rings is 3. The second-order valence-electron chi connectivity index (χ2n) is 8.07. The standard InChI is InChI=1S/C26H17Cl2N5O/c1-15-29-24-22(26(34)32(15)14-16-6-8-17(27)9-7-16)23-25(31-21-5-3-2-4-20(21)30-23)33(24)19-12-10-18(28)11-13-19/h2-13H,14H2,1H3. The van der Waals surface area contributed by atoms with Crippen LogP contribution in [0.3, 0.4) is 0 Å². The number of halogens is 2. The highest BCUT2D eigenvalue weighted by molar-refractivity contribution is 6.30. The molecular formula is C26H17Cl2N5O. The molecule has 0 amide bonds. The smallest absolute Gasteiger partial charge is 0.265 e. The van der Waals surface area contributed by atoms with E-state index in [1.165, 1.54) is 0 Å². The van der Waals surface area contributed by atoms with Crippen LogP contribution in [0, 0.1) is 6.92 Å². The summed E-state index contributed by atoms with van der Waals surface area (Å²) in [7, 11) is 0. The first-order valence-electron chi connectivity index (χ1n) is 10.7. The van der Waals surface area contributed by atoms with Gasteiger partial charge in [-0.1, -0.05) is 47.5 Å². The molecule has 0 aliphatic carbocycles. The zero-order chi connectivity index (χ0) is 23.4. The monoisotopic (exact) mass is 485 g/mol. The van der Waals surface area contributed by atoms with Crippen LogP contribution in [0.15, 0.2) is 77.6 Å². The van der Waals surface area contributed by atoms with Gasteiger partial charge in [0, 0.05) is 15.7 Å². The Morgan fingerprint density at radius 3 is 2.06 bits per heavy atom. The SMILES string of the molecule is Cc1nc2c(c(=O)n1Cc1ccc(Cl)cc1)c1nc3ccccc3nc1n2-c1ccc(Cl)cc1. The van der Waals surface area contributed by atoms with Gasteiger partial charge in [0.1, 0.15) is 16.7 Å². The maximum atomic E-state index is 13.9. The zero-order valence-corrected chi connectivity index (χ0v) is 19.5. The number of aryl methyl sites for hydroxylation is 1. The van der Waals surface area contributed by atoms with E-state index in [0.29, 0.717) is 44.6 Å². The minimum atomic E-state index is -0.167. The fourth-order valence-electron chi connectivity index (χ4n) is 4.22. The van der Waals surface area contributed by atoms with Crippen LogP contribution in [0.1, 0.15) is 11.4 Å². The summed E-state index contributed by atoms with van der Waals surface area (Å²) in [5.74, 6) is 0.593. The van der Waals surface area contributed by atoms with Crippen molar-refractivity contribution in [1.82, 2.24) is 24.1 Å². The summed E-state index contributed by atoms with van der Waals surface area (Å²) in [5, 5.41) is 1.70. The highest BCUT2D eigenvalue weighted by atomic mass is 35.5. The molecule has 0 spiro atoms. The van der Waals surface area contributed by atoms with Crippen LogP contribution in [0.2, 0.25) is 10.0 Å². The minimum absolute atomic E-state index is 0.167. The number of rotatable bonds is 3. The van der Waals surface area contributed by atoms with Crippen LogP contribution in [0.4, 0.5) is 0 Å². The summed E-state index contributed by atoms with van der Waals surface area (Å²) in [6, 6.07) is 22.4. The van der Waals surface area contributed by atoms with Gasteiger partial charge in [-0.15, -0.1) is 0 Å². The predicted octanol–water partition coefficient (Wildman–Crippen LogP) is 5.95. The molecular weight excluding hydrogens is 469 g/mol. The average Bonchev–Trinajstić information content (AvgIpc) is 3.14. The largest absolute Gasteiger partial charge is 0.292 e. The first-order valence-corrected chi connectivity index (χ1v) is 11.4. The summed E-state index contributed by atoms with van der Waals surface area (Å²) in [6.07, 6.45) is 0. The highest BCUT2D eigenvalue weighted by Crippen LogP contribution is 2.29. The number of hydrogen-bond acceptors (Lipinski definition) is 4. The van der Waals surface area contributed by atoms with E-state index in [-0.39, 0.29) is 5.56 Å². The zero-order valence-electron chi connectivity index (χ0n) is 18.0. The topological polar surface area (TPSA) is 65.6 Å². The van der Waals surface area contributed by atoms with Crippen molar-refractivity contribution in [1.29, 1.82) is 0 Å². The second kappa shape index (κ2) is 7.94. The number of nitrogens with zero attached hydrogens (tertiary/aromatic N) is 5. The maximum Gasteiger partial charge on any atom is 0.265 e. The molecule has 8 heteroatoms. The van der Waals surface area contributed by atoms with E-state index >= 15 is 0 Å². The first kappa shape index (κ1) is 20.8. The minimum Gasteiger partial charge on any atom is -0.292 e. The van der Waals surface area contributed by atoms with Crippen molar-refractivity contribution in [3.63, 3.8) is 0 Å². The van der Waals surface area contributed by atoms with Crippen LogP contribution in [0.25, 0.3) is 38.9 Å². The highest BCUT2D eigenvalue weighted by Gasteiger charge is 2.22. The molecule has 6 aromatic rings. The molecule has 34 heavy (non-hydrogen) atoms. The van der Waals surface area contributed by atoms with Crippen molar-refractivity contribution < 1.29 is 0 Å². The molecule has 0 saturated heterocycles. The molecule has 166 valence electrons. The summed E-state index contributed by atoms with van der Waals surface area (Å²) in [4.78, 5) is 28.4. The van der Waals surface area contributed by atoms with Gasteiger partial charge in [0.15, 0.2) is 11.3 Å². The molecule has 0 fully saturated rings. The molecule has 6 rings (SSSR count). The van der Waals surface area contributed by atoms with Crippen molar-refractivity contribution in [3.05, 3.63) is 105 Å². The molecule has 0 N–H and O–H groups in total. The maximum absolute atomic E-state index is 13.9. The molecule has 0 aliphatic rings. The normalized spacial score (nSPS) is 11.6. The second-order valence-corrected chi connectivity index (χ2v) is 8.94. The van der Waals surface area contributed by atoms with Crippen molar-refractivity contribution in [2.24, 2.45) is 0 Å². The molecule has 3 heterocycles. The van der Waals surface area contributed by atoms with Gasteiger partial charge in [0.25, 0.3) is 5.56 Å². The summed E-state index contributed by atoms with van der Waals surface area (Å²) >= 11 is 12.2. The Hall–Kier alpha value is -3.74. The van der Waals surface area contributed by atoms with Crippen LogP contribution in [0.5, 0.6) is 0 Å². The quantitative estimate of drug-likeness (QED) is 0.310. The van der Waals surface area contributed by atoms with Crippen LogP contribution in [-0.2, 0) is 6.54 Å². The lowest BCUT2D eigenvalue weighted by Crippen LogP contribution is -2.24. The molecule has 6 nitrogen and oxygen atoms in total. The molecule has 0 saturated carbocycles. The molecule has 3 aromatic carbocycles. The molecule has 0 radical (unpaired) electrons. The number of para-hydroxylation sites is 2. The predicted molar refractivity (Wildman–Crippen MR) is 136 cm³/mol. The number of hydrogen-bond donors (Lipinski definition) is 0. The van der Waals surface area contributed by atoms with Gasteiger partial charge in [0.05, 0.1) is 17.6 Å². The van der Waals surface area contributed by atoms with E-state index in [4.69, 9.17) is 38.2 Å². The summed E-state index contributed by atoms with van der Waals surface area (Å²) < 4.78 is 3.54. The van der Waals surface area contributed by atoms with Crippen LogP contribution < -0.4 is 5.56 Å². The number of aromatic nitrogens is 5. The van der Waals surface area contributed by atoms with Gasteiger partial charge in [-0.05, 0) is 61.0 Å². The lowest BCUT2D eigenvalue weighted by Gasteiger charge is -2.11.